The lowest BCUT2D eigenvalue weighted by Gasteiger charge is -2.32. The second-order valence-electron chi connectivity index (χ2n) is 8.63. The minimum Gasteiger partial charge on any atom is -0.369 e. The summed E-state index contributed by atoms with van der Waals surface area (Å²) in [5, 5.41) is 9.88. The predicted molar refractivity (Wildman–Crippen MR) is 125 cm³/mol. The van der Waals surface area contributed by atoms with Crippen molar-refractivity contribution in [1.29, 1.82) is 0 Å². The van der Waals surface area contributed by atoms with Crippen molar-refractivity contribution in [2.45, 2.75) is 24.1 Å². The van der Waals surface area contributed by atoms with Gasteiger partial charge in [-0.25, -0.2) is 9.37 Å². The molecule has 2 N–H and O–H groups in total. The average Bonchev–Trinajstić information content (AvgIpc) is 3.26. The highest BCUT2D eigenvalue weighted by Crippen LogP contribution is 2.51. The van der Waals surface area contributed by atoms with Crippen molar-refractivity contribution in [3.05, 3.63) is 76.0 Å². The van der Waals surface area contributed by atoms with Gasteiger partial charge in [0, 0.05) is 20.8 Å². The number of imidazole rings is 1. The third-order valence-electron chi connectivity index (χ3n) is 6.31. The number of hydrogen-bond acceptors (Lipinski definition) is 2. The zero-order valence-corrected chi connectivity index (χ0v) is 20.3. The molecule has 204 valence electrons. The van der Waals surface area contributed by atoms with E-state index < -0.39 is 52.5 Å². The monoisotopic (exact) mass is 624 g/mol. The molecule has 0 aliphatic carbocycles. The summed E-state index contributed by atoms with van der Waals surface area (Å²) in [6.45, 7) is 0. The number of fused-ring (bicyclic) bond motifs is 6. The van der Waals surface area contributed by atoms with E-state index in [0.29, 0.717) is 22.7 Å². The Morgan fingerprint density at radius 1 is 0.744 bits per heavy atom. The van der Waals surface area contributed by atoms with Gasteiger partial charge in [0.05, 0.1) is 22.2 Å². The van der Waals surface area contributed by atoms with E-state index in [0.717, 1.165) is 18.2 Å². The number of nitrogens with zero attached hydrogens (tertiary/aromatic N) is 1. The van der Waals surface area contributed by atoms with E-state index in [-0.39, 0.29) is 32.6 Å². The second kappa shape index (κ2) is 8.55. The molecule has 0 aliphatic heterocycles. The maximum atomic E-state index is 14.7. The number of nitrogens with one attached hydrogen (secondary N) is 1. The van der Waals surface area contributed by atoms with Crippen LogP contribution in [0.3, 0.4) is 0 Å². The van der Waals surface area contributed by atoms with Crippen molar-refractivity contribution < 1.29 is 49.0 Å². The highest BCUT2D eigenvalue weighted by atomic mass is 79.9. The van der Waals surface area contributed by atoms with E-state index in [4.69, 9.17) is 0 Å². The molecule has 14 heteroatoms. The summed E-state index contributed by atoms with van der Waals surface area (Å²) in [6, 6.07) is 8.28. The molecule has 5 rings (SSSR count). The predicted octanol–water partition coefficient (Wildman–Crippen LogP) is 8.77. The van der Waals surface area contributed by atoms with E-state index in [2.05, 4.69) is 25.9 Å². The second-order valence-corrected chi connectivity index (χ2v) is 9.54. The van der Waals surface area contributed by atoms with Crippen LogP contribution in [-0.2, 0) is 11.8 Å². The summed E-state index contributed by atoms with van der Waals surface area (Å²) in [5.41, 5.74) is -9.08. The molecule has 1 aromatic heterocycles. The Kier molecular flexibility index (Phi) is 5.96. The van der Waals surface area contributed by atoms with E-state index in [9.17, 15) is 49.0 Å². The Hall–Kier alpha value is -3.39. The molecule has 0 amide bonds. The Bertz CT molecular complexity index is 1760. The number of alkyl halides is 9. The van der Waals surface area contributed by atoms with E-state index in [1.54, 1.807) is 0 Å². The number of H-pyrrole nitrogens is 1. The summed E-state index contributed by atoms with van der Waals surface area (Å²) in [5.74, 6) is -1.82. The number of halogens is 11. The first kappa shape index (κ1) is 27.2. The van der Waals surface area contributed by atoms with Gasteiger partial charge < -0.3 is 10.1 Å². The van der Waals surface area contributed by atoms with Gasteiger partial charge in [0.15, 0.2) is 0 Å². The minimum atomic E-state index is -6.14. The average molecular weight is 625 g/mol. The van der Waals surface area contributed by atoms with Crippen LogP contribution in [0.1, 0.15) is 11.1 Å². The lowest BCUT2D eigenvalue weighted by Crippen LogP contribution is -2.53. The molecule has 3 nitrogen and oxygen atoms in total. The van der Waals surface area contributed by atoms with Gasteiger partial charge in [0.1, 0.15) is 11.6 Å². The largest absolute Gasteiger partial charge is 0.430 e. The van der Waals surface area contributed by atoms with Crippen LogP contribution in [0.2, 0.25) is 0 Å². The van der Waals surface area contributed by atoms with Crippen LogP contribution >= 0.6 is 15.9 Å². The molecule has 5 aromatic rings. The number of aliphatic hydroxyl groups is 1. The Balaban J connectivity index is 1.90. The van der Waals surface area contributed by atoms with E-state index in [1.807, 2.05) is 0 Å². The van der Waals surface area contributed by atoms with Gasteiger partial charge in [-0.15, -0.1) is 0 Å². The minimum absolute atomic E-state index is 0.00830. The summed E-state index contributed by atoms with van der Waals surface area (Å²) in [6.07, 6.45) is -17.3. The van der Waals surface area contributed by atoms with Crippen LogP contribution in [0, 0.1) is 5.82 Å². The summed E-state index contributed by atoms with van der Waals surface area (Å²) >= 11 is 3.17. The molecule has 0 fully saturated rings. The van der Waals surface area contributed by atoms with Crippen LogP contribution in [0.5, 0.6) is 0 Å². The topological polar surface area (TPSA) is 48.9 Å². The summed E-state index contributed by atoms with van der Waals surface area (Å²) in [4.78, 5) is 6.72. The normalized spacial score (nSPS) is 13.6. The standard InChI is InChI=1S/C25H11BrF10N2O/c26-11-5-7-13-15(9-11)14-8-10(22(39,24(31,32)33)25(34,35)36)4-6-12(14)19-20(13)38-21(37-19)18-16(23(28,29)30)2-1-3-17(18)27/h1-9,39H,(H,37,38). The van der Waals surface area contributed by atoms with E-state index >= 15 is 0 Å². The third kappa shape index (κ3) is 4.11. The van der Waals surface area contributed by atoms with Gasteiger partial charge in [-0.1, -0.05) is 40.2 Å². The number of hydrogen-bond donors (Lipinski definition) is 2. The maximum absolute atomic E-state index is 14.7. The van der Waals surface area contributed by atoms with Crippen LogP contribution in [0.15, 0.2) is 59.1 Å². The fraction of sp³-hybridized carbons (Fsp3) is 0.160. The Morgan fingerprint density at radius 3 is 1.97 bits per heavy atom. The van der Waals surface area contributed by atoms with Gasteiger partial charge in [-0.05, 0) is 41.1 Å². The van der Waals surface area contributed by atoms with Crippen molar-refractivity contribution in [1.82, 2.24) is 9.97 Å². The van der Waals surface area contributed by atoms with Gasteiger partial charge in [-0.2, -0.15) is 39.5 Å². The first-order valence-corrected chi connectivity index (χ1v) is 11.5. The SMILES string of the molecule is OC(c1ccc2c(c1)c1cc(Br)ccc1c1nc(-c3c(F)cccc3C(F)(F)F)[nH]c21)(C(F)(F)F)C(F)(F)F. The number of aromatic nitrogens is 2. The Labute approximate surface area is 219 Å². The Morgan fingerprint density at radius 2 is 1.36 bits per heavy atom. The lowest BCUT2D eigenvalue weighted by molar-refractivity contribution is -0.376. The van der Waals surface area contributed by atoms with Gasteiger partial charge in [0.25, 0.3) is 5.60 Å². The molecule has 0 saturated carbocycles. The van der Waals surface area contributed by atoms with Gasteiger partial charge in [0.2, 0.25) is 0 Å². The fourth-order valence-electron chi connectivity index (χ4n) is 4.53. The summed E-state index contributed by atoms with van der Waals surface area (Å²) < 4.78 is 137. The number of benzene rings is 4. The molecule has 0 bridgehead atoms. The fourth-order valence-corrected chi connectivity index (χ4v) is 4.89. The molecular formula is C25H11BrF10N2O. The highest BCUT2D eigenvalue weighted by Gasteiger charge is 2.71. The molecule has 39 heavy (non-hydrogen) atoms. The first-order valence-electron chi connectivity index (χ1n) is 10.7. The maximum Gasteiger partial charge on any atom is 0.430 e. The van der Waals surface area contributed by atoms with Crippen molar-refractivity contribution in [3.8, 4) is 11.4 Å². The molecule has 0 aliphatic rings. The molecule has 0 atom stereocenters. The van der Waals surface area contributed by atoms with Crippen molar-refractivity contribution >= 4 is 48.5 Å². The van der Waals surface area contributed by atoms with Crippen molar-refractivity contribution in [2.24, 2.45) is 0 Å². The molecule has 0 unspecified atom stereocenters. The lowest BCUT2D eigenvalue weighted by atomic mass is 9.89. The number of aromatic amines is 1. The molecule has 4 aromatic carbocycles. The third-order valence-corrected chi connectivity index (χ3v) is 6.81. The molecule has 0 spiro atoms. The van der Waals surface area contributed by atoms with Crippen LogP contribution in [0.25, 0.3) is 44.0 Å². The van der Waals surface area contributed by atoms with Gasteiger partial charge in [-0.3, -0.25) is 0 Å². The van der Waals surface area contributed by atoms with Crippen molar-refractivity contribution in [3.63, 3.8) is 0 Å². The van der Waals surface area contributed by atoms with Crippen LogP contribution in [-0.4, -0.2) is 27.4 Å². The van der Waals surface area contributed by atoms with Crippen LogP contribution < -0.4 is 0 Å². The molecular weight excluding hydrogens is 614 g/mol. The highest BCUT2D eigenvalue weighted by molar-refractivity contribution is 9.10. The zero-order valence-electron chi connectivity index (χ0n) is 18.7. The molecule has 1 heterocycles. The van der Waals surface area contributed by atoms with Gasteiger partial charge >= 0.3 is 18.5 Å². The summed E-state index contributed by atoms with van der Waals surface area (Å²) in [7, 11) is 0. The zero-order chi connectivity index (χ0) is 28.7. The number of rotatable bonds is 2. The molecule has 0 radical (unpaired) electrons. The van der Waals surface area contributed by atoms with Crippen LogP contribution in [0.4, 0.5) is 43.9 Å². The van der Waals surface area contributed by atoms with Crippen molar-refractivity contribution in [2.75, 3.05) is 0 Å². The molecule has 0 saturated heterocycles. The smallest absolute Gasteiger partial charge is 0.369 e. The van der Waals surface area contributed by atoms with E-state index in [1.165, 1.54) is 18.2 Å². The first-order chi connectivity index (χ1) is 17.9. The quantitative estimate of drug-likeness (QED) is 0.152.